The first-order valence-electron chi connectivity index (χ1n) is 7.42. The van der Waals surface area contributed by atoms with Crippen LogP contribution in [0.4, 0.5) is 8.78 Å². The molecule has 2 aromatic rings. The molecule has 0 saturated heterocycles. The predicted octanol–water partition coefficient (Wildman–Crippen LogP) is 3.20. The van der Waals surface area contributed by atoms with E-state index in [0.717, 1.165) is 12.1 Å². The number of aliphatic hydroxyl groups excluding tert-OH is 1. The highest BCUT2D eigenvalue weighted by Crippen LogP contribution is 2.20. The van der Waals surface area contributed by atoms with Gasteiger partial charge in [-0.3, -0.25) is 4.79 Å². The molecule has 0 saturated carbocycles. The molecule has 0 bridgehead atoms. The molecule has 1 heterocycles. The van der Waals surface area contributed by atoms with E-state index in [1.54, 1.807) is 25.3 Å². The Kier molecular flexibility index (Phi) is 5.15. The summed E-state index contributed by atoms with van der Waals surface area (Å²) in [7, 11) is 0. The summed E-state index contributed by atoms with van der Waals surface area (Å²) < 4.78 is 28.0. The van der Waals surface area contributed by atoms with Gasteiger partial charge in [0.1, 0.15) is 5.69 Å². The molecule has 2 unspecified atom stereocenters. The summed E-state index contributed by atoms with van der Waals surface area (Å²) in [6.07, 6.45) is 0.659. The van der Waals surface area contributed by atoms with Crippen molar-refractivity contribution < 1.29 is 18.7 Å². The Labute approximate surface area is 133 Å². The van der Waals surface area contributed by atoms with Crippen LogP contribution in [0.1, 0.15) is 49.0 Å². The van der Waals surface area contributed by atoms with Crippen molar-refractivity contribution in [3.63, 3.8) is 0 Å². The smallest absolute Gasteiger partial charge is 0.268 e. The molecule has 1 aromatic heterocycles. The molecule has 0 spiro atoms. The average molecular weight is 322 g/mol. The van der Waals surface area contributed by atoms with E-state index in [-0.39, 0.29) is 17.5 Å². The molecule has 0 aliphatic rings. The number of rotatable bonds is 5. The van der Waals surface area contributed by atoms with Crippen LogP contribution in [0.2, 0.25) is 0 Å². The molecule has 1 aromatic carbocycles. The number of amides is 1. The number of nitrogens with one attached hydrogen (secondary N) is 1. The molecule has 2 atom stereocenters. The Morgan fingerprint density at radius 2 is 1.87 bits per heavy atom. The van der Waals surface area contributed by atoms with Crippen LogP contribution in [-0.4, -0.2) is 21.6 Å². The van der Waals surface area contributed by atoms with Crippen molar-refractivity contribution in [2.45, 2.75) is 39.0 Å². The van der Waals surface area contributed by atoms with Crippen LogP contribution in [0.15, 0.2) is 36.5 Å². The van der Waals surface area contributed by atoms with Crippen LogP contribution in [-0.2, 0) is 0 Å². The van der Waals surface area contributed by atoms with Crippen molar-refractivity contribution in [1.82, 2.24) is 9.88 Å². The molecular weight excluding hydrogens is 302 g/mol. The summed E-state index contributed by atoms with van der Waals surface area (Å²) in [5.74, 6) is -2.35. The molecular formula is C17H20F2N2O2. The zero-order valence-electron chi connectivity index (χ0n) is 13.3. The Morgan fingerprint density at radius 3 is 2.48 bits per heavy atom. The Morgan fingerprint density at radius 1 is 1.17 bits per heavy atom. The maximum absolute atomic E-state index is 13.3. The average Bonchev–Trinajstić information content (AvgIpc) is 2.99. The number of aromatic nitrogens is 1. The van der Waals surface area contributed by atoms with Crippen LogP contribution in [0.3, 0.4) is 0 Å². The van der Waals surface area contributed by atoms with Crippen molar-refractivity contribution in [2.75, 3.05) is 0 Å². The van der Waals surface area contributed by atoms with Gasteiger partial charge >= 0.3 is 0 Å². The van der Waals surface area contributed by atoms with Gasteiger partial charge in [0.05, 0.1) is 12.1 Å². The minimum Gasteiger partial charge on any atom is -0.386 e. The van der Waals surface area contributed by atoms with E-state index >= 15 is 0 Å². The highest BCUT2D eigenvalue weighted by atomic mass is 19.2. The Bertz CT molecular complexity index is 698. The zero-order chi connectivity index (χ0) is 17.1. The van der Waals surface area contributed by atoms with Crippen LogP contribution in [0.25, 0.3) is 0 Å². The van der Waals surface area contributed by atoms with Gasteiger partial charge in [-0.2, -0.15) is 0 Å². The summed E-state index contributed by atoms with van der Waals surface area (Å²) in [6, 6.07) is 6.09. The highest BCUT2D eigenvalue weighted by molar-refractivity contribution is 5.93. The molecule has 0 aliphatic heterocycles. The molecule has 2 rings (SSSR count). The first-order chi connectivity index (χ1) is 10.8. The number of carbonyl (C=O) groups is 1. The molecule has 6 heteroatoms. The standard InChI is InChI=1S/C17H20F2N2O2/c1-10(2)21-8-4-5-15(21)17(23)20-11(3)16(22)12-6-7-13(18)14(19)9-12/h4-11,16,22H,1-3H3,(H,20,23). The van der Waals surface area contributed by atoms with Gasteiger partial charge in [0, 0.05) is 12.2 Å². The van der Waals surface area contributed by atoms with E-state index in [4.69, 9.17) is 0 Å². The molecule has 0 radical (unpaired) electrons. The molecule has 124 valence electrons. The number of benzene rings is 1. The van der Waals surface area contributed by atoms with E-state index in [1.807, 2.05) is 18.4 Å². The normalized spacial score (nSPS) is 13.9. The number of nitrogens with zero attached hydrogens (tertiary/aromatic N) is 1. The second-order valence-corrected chi connectivity index (χ2v) is 5.77. The summed E-state index contributed by atoms with van der Waals surface area (Å²) in [4.78, 5) is 12.3. The molecule has 1 amide bonds. The summed E-state index contributed by atoms with van der Waals surface area (Å²) in [5, 5.41) is 12.9. The van der Waals surface area contributed by atoms with E-state index in [9.17, 15) is 18.7 Å². The lowest BCUT2D eigenvalue weighted by atomic mass is 10.0. The first-order valence-corrected chi connectivity index (χ1v) is 7.42. The summed E-state index contributed by atoms with van der Waals surface area (Å²) in [6.45, 7) is 5.51. The fraction of sp³-hybridized carbons (Fsp3) is 0.353. The maximum atomic E-state index is 13.3. The van der Waals surface area contributed by atoms with E-state index < -0.39 is 23.8 Å². The van der Waals surface area contributed by atoms with Crippen molar-refractivity contribution in [2.24, 2.45) is 0 Å². The first kappa shape index (κ1) is 17.1. The van der Waals surface area contributed by atoms with Crippen LogP contribution < -0.4 is 5.32 Å². The van der Waals surface area contributed by atoms with Crippen LogP contribution >= 0.6 is 0 Å². The fourth-order valence-electron chi connectivity index (χ4n) is 2.38. The minimum atomic E-state index is -1.14. The van der Waals surface area contributed by atoms with Crippen LogP contribution in [0, 0.1) is 11.6 Å². The van der Waals surface area contributed by atoms with E-state index in [2.05, 4.69) is 5.32 Å². The lowest BCUT2D eigenvalue weighted by Crippen LogP contribution is -2.38. The third kappa shape index (κ3) is 3.76. The number of halogens is 2. The van der Waals surface area contributed by atoms with E-state index in [1.165, 1.54) is 6.07 Å². The lowest BCUT2D eigenvalue weighted by molar-refractivity contribution is 0.0841. The largest absolute Gasteiger partial charge is 0.386 e. The molecule has 0 fully saturated rings. The van der Waals surface area contributed by atoms with Gasteiger partial charge in [-0.05, 0) is 50.6 Å². The predicted molar refractivity (Wildman–Crippen MR) is 83.1 cm³/mol. The van der Waals surface area contributed by atoms with Crippen molar-refractivity contribution in [3.05, 3.63) is 59.4 Å². The van der Waals surface area contributed by atoms with E-state index in [0.29, 0.717) is 5.69 Å². The number of hydrogen-bond donors (Lipinski definition) is 2. The number of hydrogen-bond acceptors (Lipinski definition) is 2. The van der Waals surface area contributed by atoms with Gasteiger partial charge in [-0.15, -0.1) is 0 Å². The SMILES string of the molecule is CC(NC(=O)c1cccn1C(C)C)C(O)c1ccc(F)c(F)c1. The maximum Gasteiger partial charge on any atom is 0.268 e. The minimum absolute atomic E-state index is 0.122. The second kappa shape index (κ2) is 6.91. The second-order valence-electron chi connectivity index (χ2n) is 5.77. The zero-order valence-corrected chi connectivity index (χ0v) is 13.3. The highest BCUT2D eigenvalue weighted by Gasteiger charge is 2.22. The third-order valence-electron chi connectivity index (χ3n) is 3.69. The van der Waals surface area contributed by atoms with Gasteiger partial charge in [0.25, 0.3) is 5.91 Å². The van der Waals surface area contributed by atoms with Crippen LogP contribution in [0.5, 0.6) is 0 Å². The summed E-state index contributed by atoms with van der Waals surface area (Å²) >= 11 is 0. The molecule has 2 N–H and O–H groups in total. The Hall–Kier alpha value is -2.21. The van der Waals surface area contributed by atoms with Gasteiger partial charge in [-0.25, -0.2) is 8.78 Å². The third-order valence-corrected chi connectivity index (χ3v) is 3.69. The fourth-order valence-corrected chi connectivity index (χ4v) is 2.38. The van der Waals surface area contributed by atoms with Gasteiger partial charge in [0.15, 0.2) is 11.6 Å². The van der Waals surface area contributed by atoms with Gasteiger partial charge < -0.3 is 15.0 Å². The number of aliphatic hydroxyl groups is 1. The lowest BCUT2D eigenvalue weighted by Gasteiger charge is -2.21. The monoisotopic (exact) mass is 322 g/mol. The quantitative estimate of drug-likeness (QED) is 0.888. The topological polar surface area (TPSA) is 54.3 Å². The van der Waals surface area contributed by atoms with Crippen molar-refractivity contribution in [3.8, 4) is 0 Å². The van der Waals surface area contributed by atoms with Crippen molar-refractivity contribution in [1.29, 1.82) is 0 Å². The Balaban J connectivity index is 2.11. The molecule has 23 heavy (non-hydrogen) atoms. The van der Waals surface area contributed by atoms with Gasteiger partial charge in [-0.1, -0.05) is 6.07 Å². The number of carbonyl (C=O) groups excluding carboxylic acids is 1. The molecule has 4 nitrogen and oxygen atoms in total. The molecule has 0 aliphatic carbocycles. The van der Waals surface area contributed by atoms with Crippen molar-refractivity contribution >= 4 is 5.91 Å². The van der Waals surface area contributed by atoms with Gasteiger partial charge in [0.2, 0.25) is 0 Å². The summed E-state index contributed by atoms with van der Waals surface area (Å²) in [5.41, 5.74) is 0.681.